The molecule has 35 valence electrons. The molecule has 1 atom stereocenters. The molecule has 2 nitrogen and oxygen atoms in total. The van der Waals surface area contributed by atoms with Gasteiger partial charge in [-0.3, -0.25) is 4.79 Å². The number of thiol groups is 1. The molecule has 0 saturated carbocycles. The maximum atomic E-state index is 9.37. The summed E-state index contributed by atoms with van der Waals surface area (Å²) in [7, 11) is 0. The van der Waals surface area contributed by atoms with Crippen LogP contribution in [0, 0.1) is 0 Å². The van der Waals surface area contributed by atoms with E-state index in [1.54, 1.807) is 0 Å². The van der Waals surface area contributed by atoms with E-state index in [9.17, 15) is 4.79 Å². The van der Waals surface area contributed by atoms with E-state index >= 15 is 0 Å². The maximum absolute atomic E-state index is 9.37. The first kappa shape index (κ1) is 5.98. The summed E-state index contributed by atoms with van der Waals surface area (Å²) in [6.45, 7) is -0.230. The second-order valence-electron chi connectivity index (χ2n) is 0.816. The number of aliphatic hydroxyl groups is 1. The molecule has 0 rings (SSSR count). The summed E-state index contributed by atoms with van der Waals surface area (Å²) in [5, 5.41) is 7.38. The molecule has 0 aliphatic heterocycles. The number of hydrogen-bond donors (Lipinski definition) is 2. The first-order valence-electron chi connectivity index (χ1n) is 1.48. The molecule has 6 heavy (non-hydrogen) atoms. The van der Waals surface area contributed by atoms with Crippen LogP contribution in [0.15, 0.2) is 0 Å². The van der Waals surface area contributed by atoms with Crippen LogP contribution in [0.3, 0.4) is 0 Å². The van der Waals surface area contributed by atoms with Gasteiger partial charge in [-0.25, -0.2) is 0 Å². The SMILES string of the molecule is O=[C]C(S)CO. The third-order valence-corrected chi connectivity index (χ3v) is 0.578. The average molecular weight is 105 g/mol. The van der Waals surface area contributed by atoms with E-state index in [-0.39, 0.29) is 6.61 Å². The van der Waals surface area contributed by atoms with Crippen molar-refractivity contribution in [2.45, 2.75) is 5.25 Å². The van der Waals surface area contributed by atoms with Crippen molar-refractivity contribution in [3.63, 3.8) is 0 Å². The fourth-order valence-electron chi connectivity index (χ4n) is 0.0373. The number of rotatable bonds is 2. The molecule has 1 N–H and O–H groups in total. The van der Waals surface area contributed by atoms with Crippen LogP contribution in [0.25, 0.3) is 0 Å². The lowest BCUT2D eigenvalue weighted by Gasteiger charge is -1.86. The Kier molecular flexibility index (Phi) is 3.17. The van der Waals surface area contributed by atoms with Gasteiger partial charge in [0.25, 0.3) is 0 Å². The summed E-state index contributed by atoms with van der Waals surface area (Å²) in [6, 6.07) is 0. The van der Waals surface area contributed by atoms with Crippen LogP contribution in [0.2, 0.25) is 0 Å². The molecule has 3 heteroatoms. The molecule has 0 aromatic heterocycles. The van der Waals surface area contributed by atoms with Crippen molar-refractivity contribution in [2.75, 3.05) is 6.61 Å². The summed E-state index contributed by atoms with van der Waals surface area (Å²) in [5.41, 5.74) is 0. The van der Waals surface area contributed by atoms with E-state index < -0.39 is 5.25 Å². The predicted molar refractivity (Wildman–Crippen MR) is 25.6 cm³/mol. The highest BCUT2D eigenvalue weighted by atomic mass is 32.1. The van der Waals surface area contributed by atoms with Gasteiger partial charge in [0.15, 0.2) is 0 Å². The van der Waals surface area contributed by atoms with Gasteiger partial charge in [-0.15, -0.1) is 0 Å². The van der Waals surface area contributed by atoms with E-state index in [0.29, 0.717) is 0 Å². The lowest BCUT2D eigenvalue weighted by atomic mass is 10.5. The number of hydrogen-bond acceptors (Lipinski definition) is 3. The van der Waals surface area contributed by atoms with Crippen molar-refractivity contribution in [1.29, 1.82) is 0 Å². The van der Waals surface area contributed by atoms with Gasteiger partial charge >= 0.3 is 0 Å². The van der Waals surface area contributed by atoms with Crippen LogP contribution in [0.1, 0.15) is 0 Å². The second-order valence-corrected chi connectivity index (χ2v) is 1.44. The molecule has 0 saturated heterocycles. The molecule has 0 aromatic rings. The Morgan fingerprint density at radius 1 is 2.00 bits per heavy atom. The van der Waals surface area contributed by atoms with Crippen molar-refractivity contribution in [1.82, 2.24) is 0 Å². The second kappa shape index (κ2) is 3.18. The van der Waals surface area contributed by atoms with Gasteiger partial charge in [-0.1, -0.05) is 0 Å². The van der Waals surface area contributed by atoms with Crippen LogP contribution in [-0.4, -0.2) is 23.2 Å². The number of carbonyl (C=O) groups excluding carboxylic acids is 1. The van der Waals surface area contributed by atoms with Gasteiger partial charge in [0, 0.05) is 0 Å². The Morgan fingerprint density at radius 3 is 2.50 bits per heavy atom. The van der Waals surface area contributed by atoms with E-state index in [2.05, 4.69) is 12.6 Å². The third-order valence-electron chi connectivity index (χ3n) is 0.309. The number of aliphatic hydroxyl groups excluding tert-OH is 1. The minimum Gasteiger partial charge on any atom is -0.395 e. The summed E-state index contributed by atoms with van der Waals surface area (Å²) in [5.74, 6) is 0. The zero-order chi connectivity index (χ0) is 4.99. The molecule has 0 heterocycles. The summed E-state index contributed by atoms with van der Waals surface area (Å²) in [6.07, 6.45) is 1.48. The van der Waals surface area contributed by atoms with Gasteiger partial charge in [-0.05, 0) is 0 Å². The van der Waals surface area contributed by atoms with E-state index in [1.807, 2.05) is 0 Å². The lowest BCUT2D eigenvalue weighted by Crippen LogP contribution is -2.04. The van der Waals surface area contributed by atoms with Gasteiger partial charge in [0.05, 0.1) is 11.9 Å². The molecule has 1 unspecified atom stereocenters. The molecule has 0 spiro atoms. The van der Waals surface area contributed by atoms with Crippen LogP contribution in [-0.2, 0) is 4.79 Å². The Morgan fingerprint density at radius 2 is 2.50 bits per heavy atom. The van der Waals surface area contributed by atoms with Crippen molar-refractivity contribution in [2.24, 2.45) is 0 Å². The van der Waals surface area contributed by atoms with Crippen molar-refractivity contribution >= 4 is 18.9 Å². The van der Waals surface area contributed by atoms with E-state index in [0.717, 1.165) is 0 Å². The zero-order valence-electron chi connectivity index (χ0n) is 3.09. The Hall–Kier alpha value is -0.0200. The lowest BCUT2D eigenvalue weighted by molar-refractivity contribution is 0.309. The normalized spacial score (nSPS) is 13.7. The Bertz CT molecular complexity index is 46.1. The Balaban J connectivity index is 2.96. The standard InChI is InChI=1S/C3H5O2S/c4-1-3(6)2-5/h3-4,6H,1H2. The van der Waals surface area contributed by atoms with Crippen LogP contribution in [0.4, 0.5) is 0 Å². The quantitative estimate of drug-likeness (QED) is 0.459. The zero-order valence-corrected chi connectivity index (χ0v) is 3.98. The largest absolute Gasteiger partial charge is 0.395 e. The molecule has 1 radical (unpaired) electrons. The third kappa shape index (κ3) is 2.23. The molecule has 0 aliphatic rings. The first-order valence-corrected chi connectivity index (χ1v) is 1.99. The topological polar surface area (TPSA) is 37.3 Å². The van der Waals surface area contributed by atoms with Gasteiger partial charge < -0.3 is 5.11 Å². The van der Waals surface area contributed by atoms with Crippen LogP contribution < -0.4 is 0 Å². The fraction of sp³-hybridized carbons (Fsp3) is 0.667. The van der Waals surface area contributed by atoms with Gasteiger partial charge in [0.1, 0.15) is 0 Å². The highest BCUT2D eigenvalue weighted by molar-refractivity contribution is 7.81. The van der Waals surface area contributed by atoms with Crippen molar-refractivity contribution < 1.29 is 9.90 Å². The predicted octanol–water partition coefficient (Wildman–Crippen LogP) is -0.613. The molecule has 0 amide bonds. The van der Waals surface area contributed by atoms with Crippen molar-refractivity contribution in [3.8, 4) is 0 Å². The van der Waals surface area contributed by atoms with Crippen molar-refractivity contribution in [3.05, 3.63) is 0 Å². The fourth-order valence-corrected chi connectivity index (χ4v) is 0.0373. The maximum Gasteiger partial charge on any atom is 0.214 e. The molecule has 0 aromatic carbocycles. The van der Waals surface area contributed by atoms with Crippen LogP contribution in [0.5, 0.6) is 0 Å². The molecule has 0 fully saturated rings. The smallest absolute Gasteiger partial charge is 0.214 e. The van der Waals surface area contributed by atoms with Crippen LogP contribution >= 0.6 is 12.6 Å². The summed E-state index contributed by atoms with van der Waals surface area (Å²) < 4.78 is 0. The van der Waals surface area contributed by atoms with E-state index in [4.69, 9.17) is 5.11 Å². The van der Waals surface area contributed by atoms with Gasteiger partial charge in [-0.2, -0.15) is 12.6 Å². The molecule has 0 aliphatic carbocycles. The molecular formula is C3H5O2S. The molecular weight excluding hydrogens is 100 g/mol. The highest BCUT2D eigenvalue weighted by Gasteiger charge is 1.93. The van der Waals surface area contributed by atoms with Gasteiger partial charge in [0.2, 0.25) is 6.29 Å². The first-order chi connectivity index (χ1) is 2.81. The monoisotopic (exact) mass is 105 g/mol. The van der Waals surface area contributed by atoms with E-state index in [1.165, 1.54) is 6.29 Å². The minimum absolute atomic E-state index is 0.230. The minimum atomic E-state index is -0.620. The molecule has 0 bridgehead atoms. The summed E-state index contributed by atoms with van der Waals surface area (Å²) >= 11 is 3.56. The highest BCUT2D eigenvalue weighted by Crippen LogP contribution is 1.83. The summed E-state index contributed by atoms with van der Waals surface area (Å²) in [4.78, 5) is 9.37. The Labute approximate surface area is 41.6 Å². The average Bonchev–Trinajstić information content (AvgIpc) is 1.65.